The van der Waals surface area contributed by atoms with Crippen molar-refractivity contribution in [2.24, 2.45) is 17.8 Å². The molecule has 2 fully saturated rings. The summed E-state index contributed by atoms with van der Waals surface area (Å²) in [7, 11) is -1.20. The van der Waals surface area contributed by atoms with Gasteiger partial charge in [0.05, 0.1) is 13.2 Å². The Kier molecular flexibility index (Phi) is 7.56. The van der Waals surface area contributed by atoms with Crippen LogP contribution in [0.15, 0.2) is 0 Å². The van der Waals surface area contributed by atoms with E-state index in [1.165, 1.54) is 0 Å². The lowest BCUT2D eigenvalue weighted by atomic mass is 9.67. The number of amides is 1. The van der Waals surface area contributed by atoms with Crippen LogP contribution in [0.5, 0.6) is 0 Å². The minimum absolute atomic E-state index is 0.0971. The highest BCUT2D eigenvalue weighted by Crippen LogP contribution is 2.43. The second-order valence-electron chi connectivity index (χ2n) is 9.34. The highest BCUT2D eigenvalue weighted by molar-refractivity contribution is 6.76. The van der Waals surface area contributed by atoms with Crippen molar-refractivity contribution in [2.45, 2.75) is 77.7 Å². The molecule has 5 nitrogen and oxygen atoms in total. The van der Waals surface area contributed by atoms with E-state index in [1.807, 2.05) is 11.8 Å². The molecule has 1 saturated carbocycles. The van der Waals surface area contributed by atoms with Crippen LogP contribution >= 0.6 is 0 Å². The maximum absolute atomic E-state index is 12.7. The highest BCUT2D eigenvalue weighted by atomic mass is 28.3. The van der Waals surface area contributed by atoms with E-state index in [4.69, 9.17) is 9.47 Å². The fourth-order valence-corrected chi connectivity index (χ4v) is 5.28. The van der Waals surface area contributed by atoms with Crippen LogP contribution in [-0.2, 0) is 14.3 Å². The van der Waals surface area contributed by atoms with Crippen molar-refractivity contribution in [3.63, 3.8) is 0 Å². The zero-order valence-corrected chi connectivity index (χ0v) is 18.3. The molecule has 0 N–H and O–H groups in total. The lowest BCUT2D eigenvalue weighted by molar-refractivity contribution is -0.145. The number of piperidine rings is 1. The molecule has 1 saturated heterocycles. The monoisotopic (exact) mass is 383 g/mol. The number of carbonyl (C=O) groups is 2. The SMILES string of the molecule is CCOC(=O)C[C@H]1C[C@@H](C)C[C@H]2[C@@H]1CCCN2C(=O)OCC[Si](C)(C)C. The van der Waals surface area contributed by atoms with E-state index >= 15 is 0 Å². The predicted molar refractivity (Wildman–Crippen MR) is 106 cm³/mol. The fraction of sp³-hybridized carbons (Fsp3) is 0.900. The Bertz CT molecular complexity index is 491. The molecular formula is C20H37NO4Si. The van der Waals surface area contributed by atoms with Crippen LogP contribution in [0.4, 0.5) is 4.79 Å². The molecule has 0 aromatic heterocycles. The summed E-state index contributed by atoms with van der Waals surface area (Å²) in [6.45, 7) is 12.7. The molecular weight excluding hydrogens is 346 g/mol. The van der Waals surface area contributed by atoms with Crippen LogP contribution < -0.4 is 0 Å². The number of hydrogen-bond acceptors (Lipinski definition) is 4. The summed E-state index contributed by atoms with van der Waals surface area (Å²) < 4.78 is 10.8. The largest absolute Gasteiger partial charge is 0.466 e. The Morgan fingerprint density at radius 1 is 1.15 bits per heavy atom. The van der Waals surface area contributed by atoms with E-state index in [9.17, 15) is 9.59 Å². The third-order valence-electron chi connectivity index (χ3n) is 5.83. The summed E-state index contributed by atoms with van der Waals surface area (Å²) in [6.07, 6.45) is 4.50. The molecule has 4 atom stereocenters. The van der Waals surface area contributed by atoms with Crippen LogP contribution in [0.3, 0.4) is 0 Å². The summed E-state index contributed by atoms with van der Waals surface area (Å²) in [5.41, 5.74) is 0. The lowest BCUT2D eigenvalue weighted by Crippen LogP contribution is -2.53. The van der Waals surface area contributed by atoms with Gasteiger partial charge in [0, 0.05) is 27.1 Å². The van der Waals surface area contributed by atoms with Crippen LogP contribution in [0.1, 0.15) is 46.0 Å². The number of likely N-dealkylation sites (tertiary alicyclic amines) is 1. The van der Waals surface area contributed by atoms with E-state index in [-0.39, 0.29) is 18.1 Å². The number of nitrogens with zero attached hydrogens (tertiary/aromatic N) is 1. The Morgan fingerprint density at radius 3 is 2.54 bits per heavy atom. The van der Waals surface area contributed by atoms with E-state index < -0.39 is 8.07 Å². The second kappa shape index (κ2) is 9.24. The number of fused-ring (bicyclic) bond motifs is 1. The molecule has 0 bridgehead atoms. The average Bonchev–Trinajstić information content (AvgIpc) is 2.53. The zero-order valence-electron chi connectivity index (χ0n) is 17.3. The quantitative estimate of drug-likeness (QED) is 0.499. The third kappa shape index (κ3) is 6.00. The van der Waals surface area contributed by atoms with Gasteiger partial charge in [0.2, 0.25) is 0 Å². The first kappa shape index (κ1) is 21.3. The van der Waals surface area contributed by atoms with Gasteiger partial charge in [-0.15, -0.1) is 0 Å². The summed E-state index contributed by atoms with van der Waals surface area (Å²) in [4.78, 5) is 26.7. The summed E-state index contributed by atoms with van der Waals surface area (Å²) in [6, 6.07) is 1.22. The molecule has 0 aromatic carbocycles. The van der Waals surface area contributed by atoms with E-state index in [0.717, 1.165) is 38.3 Å². The third-order valence-corrected chi connectivity index (χ3v) is 7.54. The molecule has 0 spiro atoms. The molecule has 150 valence electrons. The topological polar surface area (TPSA) is 55.8 Å². The highest BCUT2D eigenvalue weighted by Gasteiger charge is 2.44. The van der Waals surface area contributed by atoms with Crippen LogP contribution in [0, 0.1) is 17.8 Å². The summed E-state index contributed by atoms with van der Waals surface area (Å²) in [5.74, 6) is 1.14. The molecule has 0 unspecified atom stereocenters. The maximum atomic E-state index is 12.7. The van der Waals surface area contributed by atoms with Crippen molar-refractivity contribution in [1.82, 2.24) is 4.90 Å². The molecule has 0 aromatic rings. The molecule has 0 radical (unpaired) electrons. The van der Waals surface area contributed by atoms with Gasteiger partial charge in [-0.3, -0.25) is 4.79 Å². The molecule has 1 amide bonds. The Balaban J connectivity index is 1.99. The van der Waals surface area contributed by atoms with Crippen molar-refractivity contribution < 1.29 is 19.1 Å². The maximum Gasteiger partial charge on any atom is 0.410 e. The smallest absolute Gasteiger partial charge is 0.410 e. The van der Waals surface area contributed by atoms with Gasteiger partial charge in [-0.1, -0.05) is 26.6 Å². The van der Waals surface area contributed by atoms with Gasteiger partial charge in [-0.05, 0) is 56.4 Å². The normalized spacial score (nSPS) is 29.0. The van der Waals surface area contributed by atoms with Crippen LogP contribution in [0.2, 0.25) is 25.7 Å². The number of ether oxygens (including phenoxy) is 2. The van der Waals surface area contributed by atoms with E-state index in [0.29, 0.717) is 37.4 Å². The van der Waals surface area contributed by atoms with E-state index in [1.54, 1.807) is 0 Å². The second-order valence-corrected chi connectivity index (χ2v) is 15.0. The minimum atomic E-state index is -1.20. The first-order valence-corrected chi connectivity index (χ1v) is 14.0. The Morgan fingerprint density at radius 2 is 1.88 bits per heavy atom. The molecule has 2 rings (SSSR count). The predicted octanol–water partition coefficient (Wildman–Crippen LogP) is 4.54. The molecule has 1 heterocycles. The Hall–Kier alpha value is -1.04. The molecule has 26 heavy (non-hydrogen) atoms. The van der Waals surface area contributed by atoms with Crippen LogP contribution in [0.25, 0.3) is 0 Å². The van der Waals surface area contributed by atoms with Crippen molar-refractivity contribution in [1.29, 1.82) is 0 Å². The van der Waals surface area contributed by atoms with Gasteiger partial charge in [0.1, 0.15) is 0 Å². The molecule has 6 heteroatoms. The van der Waals surface area contributed by atoms with Crippen molar-refractivity contribution >= 4 is 20.1 Å². The molecule has 2 aliphatic rings. The van der Waals surface area contributed by atoms with Crippen molar-refractivity contribution in [3.8, 4) is 0 Å². The first-order valence-electron chi connectivity index (χ1n) is 10.3. The van der Waals surface area contributed by atoms with Gasteiger partial charge in [-0.2, -0.15) is 0 Å². The van der Waals surface area contributed by atoms with Gasteiger partial charge >= 0.3 is 12.1 Å². The summed E-state index contributed by atoms with van der Waals surface area (Å²) >= 11 is 0. The van der Waals surface area contributed by atoms with Crippen molar-refractivity contribution in [3.05, 3.63) is 0 Å². The van der Waals surface area contributed by atoms with Gasteiger partial charge < -0.3 is 14.4 Å². The van der Waals surface area contributed by atoms with Crippen molar-refractivity contribution in [2.75, 3.05) is 19.8 Å². The average molecular weight is 384 g/mol. The lowest BCUT2D eigenvalue weighted by Gasteiger charge is -2.48. The number of rotatable bonds is 6. The fourth-order valence-electron chi connectivity index (χ4n) is 4.56. The molecule has 1 aliphatic heterocycles. The Labute approximate surface area is 159 Å². The standard InChI is InChI=1S/C20H37NO4Si/c1-6-24-19(22)14-16-12-15(2)13-18-17(16)8-7-9-21(18)20(23)25-10-11-26(3,4)5/h15-18H,6-14H2,1-5H3/t15-,16-,17-,18+/m1/s1. The van der Waals surface area contributed by atoms with Gasteiger partial charge in [0.15, 0.2) is 0 Å². The van der Waals surface area contributed by atoms with Crippen LogP contribution in [-0.4, -0.2) is 50.8 Å². The first-order chi connectivity index (χ1) is 12.2. The summed E-state index contributed by atoms with van der Waals surface area (Å²) in [5, 5.41) is 0. The number of carbonyl (C=O) groups excluding carboxylic acids is 2. The van der Waals surface area contributed by atoms with E-state index in [2.05, 4.69) is 26.6 Å². The molecule has 1 aliphatic carbocycles. The van der Waals surface area contributed by atoms with Gasteiger partial charge in [0.25, 0.3) is 0 Å². The number of esters is 1. The minimum Gasteiger partial charge on any atom is -0.466 e. The zero-order chi connectivity index (χ0) is 19.3. The van der Waals surface area contributed by atoms with Gasteiger partial charge in [-0.25, -0.2) is 4.79 Å². The number of hydrogen-bond donors (Lipinski definition) is 0.